The van der Waals surface area contributed by atoms with E-state index >= 15 is 0 Å². The van der Waals surface area contributed by atoms with Gasteiger partial charge in [0.1, 0.15) is 0 Å². The molecule has 134 valence electrons. The lowest BCUT2D eigenvalue weighted by atomic mass is 10.1. The van der Waals surface area contributed by atoms with Crippen LogP contribution in [-0.2, 0) is 6.42 Å². The zero-order valence-electron chi connectivity index (χ0n) is 15.4. The molecule has 1 heterocycles. The van der Waals surface area contributed by atoms with Crippen LogP contribution in [0.4, 0.5) is 17.2 Å². The number of hydrogen-bond acceptors (Lipinski definition) is 5. The first-order chi connectivity index (χ1) is 12.6. The largest absolute Gasteiger partial charge is 0.493 e. The molecule has 0 saturated heterocycles. The molecule has 3 aromatic rings. The summed E-state index contributed by atoms with van der Waals surface area (Å²) >= 11 is 0. The van der Waals surface area contributed by atoms with Crippen LogP contribution in [0.5, 0.6) is 11.5 Å². The number of nitrogens with one attached hydrogen (secondary N) is 2. The van der Waals surface area contributed by atoms with Crippen LogP contribution in [0.3, 0.4) is 0 Å². The van der Waals surface area contributed by atoms with Crippen LogP contribution < -0.4 is 19.7 Å². The second-order valence-corrected chi connectivity index (χ2v) is 6.53. The van der Waals surface area contributed by atoms with Gasteiger partial charge in [0.05, 0.1) is 19.9 Å². The maximum absolute atomic E-state index is 5.43. The number of rotatable bonds is 5. The number of fused-ring (bicyclic) bond motifs is 3. The van der Waals surface area contributed by atoms with Crippen molar-refractivity contribution in [1.29, 1.82) is 0 Å². The fourth-order valence-electron chi connectivity index (χ4n) is 3.33. The molecule has 0 amide bonds. The third-order valence-corrected chi connectivity index (χ3v) is 4.76. The Morgan fingerprint density at radius 2 is 1.73 bits per heavy atom. The Morgan fingerprint density at radius 3 is 2.38 bits per heavy atom. The quantitative estimate of drug-likeness (QED) is 0.573. The Bertz CT molecular complexity index is 945. The molecule has 2 N–H and O–H groups in total. The molecular formula is C20H22N4O2. The van der Waals surface area contributed by atoms with E-state index in [0.717, 1.165) is 51.9 Å². The molecule has 0 fully saturated rings. The van der Waals surface area contributed by atoms with E-state index in [-0.39, 0.29) is 0 Å². The van der Waals surface area contributed by atoms with Crippen LogP contribution >= 0.6 is 0 Å². The molecule has 0 spiro atoms. The highest BCUT2D eigenvalue weighted by atomic mass is 16.5. The van der Waals surface area contributed by atoms with Gasteiger partial charge < -0.3 is 19.7 Å². The average molecular weight is 350 g/mol. The van der Waals surface area contributed by atoms with Gasteiger partial charge in [0, 0.05) is 43.0 Å². The monoisotopic (exact) mass is 350 g/mol. The molecule has 26 heavy (non-hydrogen) atoms. The minimum Gasteiger partial charge on any atom is -0.493 e. The van der Waals surface area contributed by atoms with E-state index < -0.39 is 0 Å². The van der Waals surface area contributed by atoms with Crippen LogP contribution in [-0.4, -0.2) is 38.5 Å². The van der Waals surface area contributed by atoms with Gasteiger partial charge in [-0.15, -0.1) is 0 Å². The minimum absolute atomic E-state index is 0.725. The summed E-state index contributed by atoms with van der Waals surface area (Å²) in [7, 11) is 7.37. The summed E-state index contributed by atoms with van der Waals surface area (Å²) in [5.41, 5.74) is 6.68. The van der Waals surface area contributed by atoms with Gasteiger partial charge in [-0.3, -0.25) is 5.10 Å². The number of aromatic amines is 1. The van der Waals surface area contributed by atoms with Crippen LogP contribution in [0.2, 0.25) is 0 Å². The molecule has 1 aliphatic carbocycles. The van der Waals surface area contributed by atoms with E-state index in [2.05, 4.69) is 44.7 Å². The summed E-state index contributed by atoms with van der Waals surface area (Å²) in [4.78, 5) is 2.08. The Morgan fingerprint density at radius 1 is 1.04 bits per heavy atom. The van der Waals surface area contributed by atoms with Gasteiger partial charge in [-0.25, -0.2) is 0 Å². The second-order valence-electron chi connectivity index (χ2n) is 6.53. The molecule has 0 atom stereocenters. The fraction of sp³-hybridized carbons (Fsp3) is 0.250. The number of aromatic nitrogens is 2. The highest BCUT2D eigenvalue weighted by molar-refractivity contribution is 5.81. The lowest BCUT2D eigenvalue weighted by Crippen LogP contribution is -2.08. The summed E-state index contributed by atoms with van der Waals surface area (Å²) in [5, 5.41) is 11.1. The van der Waals surface area contributed by atoms with Gasteiger partial charge in [-0.1, -0.05) is 0 Å². The van der Waals surface area contributed by atoms with Crippen LogP contribution in [0.25, 0.3) is 11.3 Å². The Balaban J connectivity index is 1.64. The third-order valence-electron chi connectivity index (χ3n) is 4.76. The first-order valence-corrected chi connectivity index (χ1v) is 8.47. The third kappa shape index (κ3) is 2.63. The number of H-pyrrole nitrogens is 1. The maximum atomic E-state index is 5.43. The highest BCUT2D eigenvalue weighted by Crippen LogP contribution is 2.44. The Labute approximate surface area is 152 Å². The van der Waals surface area contributed by atoms with E-state index in [1.807, 2.05) is 26.2 Å². The van der Waals surface area contributed by atoms with Crippen molar-refractivity contribution < 1.29 is 9.47 Å². The molecule has 2 aromatic carbocycles. The molecular weight excluding hydrogens is 328 g/mol. The zero-order valence-corrected chi connectivity index (χ0v) is 15.4. The topological polar surface area (TPSA) is 62.4 Å². The van der Waals surface area contributed by atoms with Crippen molar-refractivity contribution in [3.8, 4) is 22.8 Å². The number of anilines is 3. The smallest absolute Gasteiger partial charge is 0.161 e. The molecule has 0 radical (unpaired) electrons. The van der Waals surface area contributed by atoms with Crippen molar-refractivity contribution >= 4 is 17.2 Å². The Kier molecular flexibility index (Phi) is 3.95. The van der Waals surface area contributed by atoms with Crippen LogP contribution in [0.15, 0.2) is 36.4 Å². The SMILES string of the molecule is COc1cc2c(cc1OC)-c1[nH]nc(Nc3ccc(N(C)C)cc3)c1C2. The summed E-state index contributed by atoms with van der Waals surface area (Å²) in [5.74, 6) is 2.33. The number of nitrogens with zero attached hydrogens (tertiary/aromatic N) is 2. The molecule has 0 bridgehead atoms. The molecule has 0 aliphatic heterocycles. The van der Waals surface area contributed by atoms with Crippen molar-refractivity contribution in [3.05, 3.63) is 47.5 Å². The van der Waals surface area contributed by atoms with Crippen LogP contribution in [0.1, 0.15) is 11.1 Å². The summed E-state index contributed by atoms with van der Waals surface area (Å²) in [6.07, 6.45) is 0.805. The highest BCUT2D eigenvalue weighted by Gasteiger charge is 2.26. The van der Waals surface area contributed by atoms with E-state index in [9.17, 15) is 0 Å². The normalized spacial score (nSPS) is 11.7. The van der Waals surface area contributed by atoms with Gasteiger partial charge in [-0.2, -0.15) is 5.10 Å². The molecule has 1 aromatic heterocycles. The van der Waals surface area contributed by atoms with Crippen molar-refractivity contribution in [2.24, 2.45) is 0 Å². The number of benzene rings is 2. The van der Waals surface area contributed by atoms with E-state index in [1.54, 1.807) is 14.2 Å². The van der Waals surface area contributed by atoms with Crippen LogP contribution in [0, 0.1) is 0 Å². The molecule has 4 rings (SSSR count). The number of hydrogen-bond donors (Lipinski definition) is 2. The van der Waals surface area contributed by atoms with Gasteiger partial charge in [0.15, 0.2) is 17.3 Å². The van der Waals surface area contributed by atoms with E-state index in [4.69, 9.17) is 9.47 Å². The predicted molar refractivity (Wildman–Crippen MR) is 104 cm³/mol. The minimum atomic E-state index is 0.725. The average Bonchev–Trinajstić information content (AvgIpc) is 3.20. The fourth-order valence-corrected chi connectivity index (χ4v) is 3.33. The lowest BCUT2D eigenvalue weighted by molar-refractivity contribution is 0.355. The van der Waals surface area contributed by atoms with E-state index in [1.165, 1.54) is 5.56 Å². The second kappa shape index (κ2) is 6.29. The lowest BCUT2D eigenvalue weighted by Gasteiger charge is -2.13. The first-order valence-electron chi connectivity index (χ1n) is 8.47. The molecule has 0 saturated carbocycles. The first kappa shape index (κ1) is 16.3. The molecule has 1 aliphatic rings. The van der Waals surface area contributed by atoms with Crippen molar-refractivity contribution in [3.63, 3.8) is 0 Å². The molecule has 6 heteroatoms. The van der Waals surface area contributed by atoms with Gasteiger partial charge in [-0.05, 0) is 42.0 Å². The van der Waals surface area contributed by atoms with Gasteiger partial charge >= 0.3 is 0 Å². The number of methoxy groups -OCH3 is 2. The van der Waals surface area contributed by atoms with Crippen molar-refractivity contribution in [1.82, 2.24) is 10.2 Å². The van der Waals surface area contributed by atoms with Crippen molar-refractivity contribution in [2.45, 2.75) is 6.42 Å². The van der Waals surface area contributed by atoms with Gasteiger partial charge in [0.25, 0.3) is 0 Å². The number of ether oxygens (including phenoxy) is 2. The predicted octanol–water partition coefficient (Wildman–Crippen LogP) is 3.81. The molecule has 6 nitrogen and oxygen atoms in total. The van der Waals surface area contributed by atoms with Gasteiger partial charge in [0.2, 0.25) is 0 Å². The summed E-state index contributed by atoms with van der Waals surface area (Å²) in [6.45, 7) is 0. The van der Waals surface area contributed by atoms with Crippen molar-refractivity contribution in [2.75, 3.05) is 38.5 Å². The summed E-state index contributed by atoms with van der Waals surface area (Å²) < 4.78 is 10.9. The standard InChI is InChI=1S/C20H22N4O2/c1-24(2)14-7-5-13(6-8-14)21-20-16-9-12-10-17(25-3)18(26-4)11-15(12)19(16)22-23-20/h5-8,10-11H,9H2,1-4H3,(H2,21,22,23). The van der Waals surface area contributed by atoms with E-state index in [0.29, 0.717) is 0 Å². The Hall–Kier alpha value is -3.15. The molecule has 0 unspecified atom stereocenters. The summed E-state index contributed by atoms with van der Waals surface area (Å²) in [6, 6.07) is 12.3. The maximum Gasteiger partial charge on any atom is 0.161 e. The zero-order chi connectivity index (χ0) is 18.3.